The predicted octanol–water partition coefficient (Wildman–Crippen LogP) is 3.21. The van der Waals surface area contributed by atoms with E-state index in [4.69, 9.17) is 4.74 Å². The lowest BCUT2D eigenvalue weighted by atomic mass is 9.86. The number of aliphatic hydroxyl groups is 1. The summed E-state index contributed by atoms with van der Waals surface area (Å²) in [4.78, 5) is 4.17. The first kappa shape index (κ1) is 15.0. The largest absolute Gasteiger partial charge is 0.492 e. The van der Waals surface area contributed by atoms with Crippen LogP contribution in [0.1, 0.15) is 46.1 Å². The van der Waals surface area contributed by atoms with Gasteiger partial charge in [0.25, 0.3) is 0 Å². The summed E-state index contributed by atoms with van der Waals surface area (Å²) >= 11 is 0. The zero-order valence-corrected chi connectivity index (χ0v) is 11.9. The number of hydrogen-bond acceptors (Lipinski definition) is 3. The number of hydrogen-bond donors (Lipinski definition) is 1. The van der Waals surface area contributed by atoms with Crippen LogP contribution in [0.4, 0.5) is 0 Å². The van der Waals surface area contributed by atoms with Gasteiger partial charge in [0.05, 0.1) is 18.9 Å². The van der Waals surface area contributed by atoms with E-state index >= 15 is 0 Å². The number of aromatic nitrogens is 1. The van der Waals surface area contributed by atoms with Gasteiger partial charge >= 0.3 is 0 Å². The first-order chi connectivity index (χ1) is 8.43. The Labute approximate surface area is 110 Å². The standard InChI is InChI=1S/C15H25NO2/c1-5-8-18-13-9-12(10-16-11-13)6-7-14(17)15(2,3)4/h9-11,14,17H,5-8H2,1-4H3. The normalized spacial score (nSPS) is 13.4. The van der Waals surface area contributed by atoms with Gasteiger partial charge in [0.15, 0.2) is 0 Å². The minimum absolute atomic E-state index is 0.0657. The molecule has 3 nitrogen and oxygen atoms in total. The highest BCUT2D eigenvalue weighted by molar-refractivity contribution is 5.23. The number of rotatable bonds is 6. The fourth-order valence-corrected chi connectivity index (χ4v) is 1.64. The van der Waals surface area contributed by atoms with Crippen molar-refractivity contribution in [2.24, 2.45) is 5.41 Å². The predicted molar refractivity (Wildman–Crippen MR) is 73.8 cm³/mol. The van der Waals surface area contributed by atoms with Gasteiger partial charge in [-0.15, -0.1) is 0 Å². The van der Waals surface area contributed by atoms with Gasteiger partial charge in [0, 0.05) is 6.20 Å². The third-order valence-electron chi connectivity index (χ3n) is 2.95. The van der Waals surface area contributed by atoms with Crippen molar-refractivity contribution in [1.29, 1.82) is 0 Å². The molecule has 0 saturated carbocycles. The number of ether oxygens (including phenoxy) is 1. The summed E-state index contributed by atoms with van der Waals surface area (Å²) in [5.74, 6) is 0.819. The molecule has 0 amide bonds. The van der Waals surface area contributed by atoms with Gasteiger partial charge in [0.1, 0.15) is 5.75 Å². The molecule has 0 spiro atoms. The molecule has 0 saturated heterocycles. The molecule has 0 aliphatic rings. The van der Waals surface area contributed by atoms with Crippen LogP contribution < -0.4 is 4.74 Å². The van der Waals surface area contributed by atoms with Crippen LogP contribution in [0.2, 0.25) is 0 Å². The van der Waals surface area contributed by atoms with Crippen molar-refractivity contribution in [3.8, 4) is 5.75 Å². The first-order valence-electron chi connectivity index (χ1n) is 6.68. The minimum atomic E-state index is -0.294. The van der Waals surface area contributed by atoms with Crippen LogP contribution in [0, 0.1) is 5.41 Å². The lowest BCUT2D eigenvalue weighted by molar-refractivity contribution is 0.0559. The smallest absolute Gasteiger partial charge is 0.137 e. The van der Waals surface area contributed by atoms with Crippen LogP contribution in [-0.2, 0) is 6.42 Å². The summed E-state index contributed by atoms with van der Waals surface area (Å²) in [6, 6.07) is 2.01. The summed E-state index contributed by atoms with van der Waals surface area (Å²) in [5, 5.41) is 10.0. The monoisotopic (exact) mass is 251 g/mol. The number of aryl methyl sites for hydroxylation is 1. The number of pyridine rings is 1. The SMILES string of the molecule is CCCOc1cncc(CCC(O)C(C)(C)C)c1. The zero-order chi connectivity index (χ0) is 13.6. The topological polar surface area (TPSA) is 42.4 Å². The molecule has 0 fully saturated rings. The molecule has 0 aliphatic carbocycles. The second-order valence-electron chi connectivity index (χ2n) is 5.80. The molecule has 1 atom stereocenters. The molecule has 1 heterocycles. The molecular formula is C15H25NO2. The van der Waals surface area contributed by atoms with Crippen LogP contribution in [-0.4, -0.2) is 22.8 Å². The van der Waals surface area contributed by atoms with Crippen molar-refractivity contribution in [3.63, 3.8) is 0 Å². The van der Waals surface area contributed by atoms with Crippen LogP contribution in [0.25, 0.3) is 0 Å². The van der Waals surface area contributed by atoms with Crippen LogP contribution in [0.5, 0.6) is 5.75 Å². The van der Waals surface area contributed by atoms with Crippen molar-refractivity contribution in [1.82, 2.24) is 4.98 Å². The van der Waals surface area contributed by atoms with Gasteiger partial charge < -0.3 is 9.84 Å². The molecule has 0 aromatic carbocycles. The van der Waals surface area contributed by atoms with Crippen molar-refractivity contribution in [2.45, 2.75) is 53.1 Å². The van der Waals surface area contributed by atoms with E-state index in [1.54, 1.807) is 6.20 Å². The maximum Gasteiger partial charge on any atom is 0.137 e. The van der Waals surface area contributed by atoms with Crippen LogP contribution in [0.3, 0.4) is 0 Å². The van der Waals surface area contributed by atoms with E-state index in [1.807, 2.05) is 12.3 Å². The van der Waals surface area contributed by atoms with E-state index in [-0.39, 0.29) is 11.5 Å². The van der Waals surface area contributed by atoms with Gasteiger partial charge in [-0.2, -0.15) is 0 Å². The van der Waals surface area contributed by atoms with Gasteiger partial charge in [-0.25, -0.2) is 0 Å². The van der Waals surface area contributed by atoms with Crippen LogP contribution in [0.15, 0.2) is 18.5 Å². The molecule has 3 heteroatoms. The first-order valence-corrected chi connectivity index (χ1v) is 6.68. The Morgan fingerprint density at radius 3 is 2.67 bits per heavy atom. The Balaban J connectivity index is 2.52. The summed E-state index contributed by atoms with van der Waals surface area (Å²) in [7, 11) is 0. The molecule has 0 bridgehead atoms. The maximum atomic E-state index is 10.0. The van der Waals surface area contributed by atoms with Crippen molar-refractivity contribution in [2.75, 3.05) is 6.61 Å². The average Bonchev–Trinajstić information content (AvgIpc) is 2.32. The van der Waals surface area contributed by atoms with E-state index in [1.165, 1.54) is 0 Å². The third kappa shape index (κ3) is 5.05. The molecule has 0 aliphatic heterocycles. The van der Waals surface area contributed by atoms with Crippen molar-refractivity contribution >= 4 is 0 Å². The zero-order valence-electron chi connectivity index (χ0n) is 11.9. The van der Waals surface area contributed by atoms with Gasteiger partial charge in [-0.3, -0.25) is 4.98 Å². The molecule has 1 rings (SSSR count). The summed E-state index contributed by atoms with van der Waals surface area (Å²) < 4.78 is 5.54. The van der Waals surface area contributed by atoms with Crippen molar-refractivity contribution < 1.29 is 9.84 Å². The quantitative estimate of drug-likeness (QED) is 0.844. The van der Waals surface area contributed by atoms with Crippen molar-refractivity contribution in [3.05, 3.63) is 24.0 Å². The van der Waals surface area contributed by atoms with E-state index < -0.39 is 0 Å². The number of nitrogens with zero attached hydrogens (tertiary/aromatic N) is 1. The summed E-state index contributed by atoms with van der Waals surface area (Å²) in [5.41, 5.74) is 1.05. The Morgan fingerprint density at radius 1 is 1.33 bits per heavy atom. The summed E-state index contributed by atoms with van der Waals surface area (Å²) in [6.07, 6.45) is 5.86. The second kappa shape index (κ2) is 6.74. The summed E-state index contributed by atoms with van der Waals surface area (Å²) in [6.45, 7) is 8.96. The van der Waals surface area contributed by atoms with E-state index in [9.17, 15) is 5.11 Å². The molecular weight excluding hydrogens is 226 g/mol. The van der Waals surface area contributed by atoms with Gasteiger partial charge in [-0.05, 0) is 36.3 Å². The molecule has 1 N–H and O–H groups in total. The fraction of sp³-hybridized carbons (Fsp3) is 0.667. The Hall–Kier alpha value is -1.09. The molecule has 1 unspecified atom stereocenters. The average molecular weight is 251 g/mol. The highest BCUT2D eigenvalue weighted by atomic mass is 16.5. The van der Waals surface area contributed by atoms with E-state index in [0.717, 1.165) is 37.2 Å². The Kier molecular flexibility index (Phi) is 5.60. The third-order valence-corrected chi connectivity index (χ3v) is 2.95. The highest BCUT2D eigenvalue weighted by Crippen LogP contribution is 2.23. The van der Waals surface area contributed by atoms with Gasteiger partial charge in [0.2, 0.25) is 0 Å². The van der Waals surface area contributed by atoms with E-state index in [0.29, 0.717) is 0 Å². The Morgan fingerprint density at radius 2 is 2.06 bits per heavy atom. The molecule has 1 aromatic heterocycles. The fourth-order valence-electron chi connectivity index (χ4n) is 1.64. The maximum absolute atomic E-state index is 10.0. The van der Waals surface area contributed by atoms with E-state index in [2.05, 4.69) is 32.7 Å². The second-order valence-corrected chi connectivity index (χ2v) is 5.80. The minimum Gasteiger partial charge on any atom is -0.492 e. The highest BCUT2D eigenvalue weighted by Gasteiger charge is 2.21. The molecule has 102 valence electrons. The lowest BCUT2D eigenvalue weighted by Gasteiger charge is -2.25. The molecule has 18 heavy (non-hydrogen) atoms. The number of aliphatic hydroxyl groups excluding tert-OH is 1. The molecule has 0 radical (unpaired) electrons. The lowest BCUT2D eigenvalue weighted by Crippen LogP contribution is -2.26. The molecule has 1 aromatic rings. The van der Waals surface area contributed by atoms with Crippen LogP contribution >= 0.6 is 0 Å². The Bertz CT molecular complexity index is 358. The van der Waals surface area contributed by atoms with Gasteiger partial charge in [-0.1, -0.05) is 27.7 Å².